The standard InChI is InChI=1S/C18H26N2S/c1-15(18-14-16-8-3-4-9-17(16)21-18)19-10-7-13-20-11-5-2-6-12-20/h3-4,8-9,14-15,19H,2,5-7,10-13H2,1H3. The van der Waals surface area contributed by atoms with Crippen LogP contribution < -0.4 is 5.32 Å². The SMILES string of the molecule is CC(NCCCN1CCCCC1)c1cc2ccccc2s1. The Labute approximate surface area is 132 Å². The van der Waals surface area contributed by atoms with E-state index in [0.717, 1.165) is 6.54 Å². The van der Waals surface area contributed by atoms with Crippen molar-refractivity contribution in [1.29, 1.82) is 0 Å². The zero-order valence-electron chi connectivity index (χ0n) is 13.0. The molecule has 0 amide bonds. The number of hydrogen-bond acceptors (Lipinski definition) is 3. The molecule has 1 fully saturated rings. The van der Waals surface area contributed by atoms with E-state index in [1.807, 2.05) is 11.3 Å². The normalized spacial score (nSPS) is 18.1. The van der Waals surface area contributed by atoms with Crippen molar-refractivity contribution in [3.05, 3.63) is 35.2 Å². The number of nitrogens with zero attached hydrogens (tertiary/aromatic N) is 1. The first-order chi connectivity index (χ1) is 10.3. The Morgan fingerprint density at radius 3 is 2.81 bits per heavy atom. The van der Waals surface area contributed by atoms with Gasteiger partial charge in [0.15, 0.2) is 0 Å². The van der Waals surface area contributed by atoms with E-state index in [2.05, 4.69) is 47.5 Å². The van der Waals surface area contributed by atoms with Gasteiger partial charge >= 0.3 is 0 Å². The van der Waals surface area contributed by atoms with Crippen LogP contribution in [0.15, 0.2) is 30.3 Å². The van der Waals surface area contributed by atoms with Gasteiger partial charge in [0.1, 0.15) is 0 Å². The van der Waals surface area contributed by atoms with E-state index < -0.39 is 0 Å². The Morgan fingerprint density at radius 2 is 2.00 bits per heavy atom. The summed E-state index contributed by atoms with van der Waals surface area (Å²) in [4.78, 5) is 4.07. The number of benzene rings is 1. The molecule has 21 heavy (non-hydrogen) atoms. The molecule has 3 heteroatoms. The highest BCUT2D eigenvalue weighted by Crippen LogP contribution is 2.29. The average molecular weight is 302 g/mol. The number of nitrogens with one attached hydrogen (secondary N) is 1. The van der Waals surface area contributed by atoms with Gasteiger partial charge in [-0.25, -0.2) is 0 Å². The number of rotatable bonds is 6. The van der Waals surface area contributed by atoms with Gasteiger partial charge in [-0.2, -0.15) is 0 Å². The van der Waals surface area contributed by atoms with E-state index in [4.69, 9.17) is 0 Å². The van der Waals surface area contributed by atoms with Gasteiger partial charge in [-0.15, -0.1) is 11.3 Å². The highest BCUT2D eigenvalue weighted by molar-refractivity contribution is 7.19. The molecule has 1 aromatic heterocycles. The lowest BCUT2D eigenvalue weighted by Gasteiger charge is -2.26. The molecule has 1 aromatic carbocycles. The molecule has 0 bridgehead atoms. The van der Waals surface area contributed by atoms with E-state index >= 15 is 0 Å². The first-order valence-corrected chi connectivity index (χ1v) is 9.09. The first kappa shape index (κ1) is 15.0. The summed E-state index contributed by atoms with van der Waals surface area (Å²) < 4.78 is 1.40. The lowest BCUT2D eigenvalue weighted by molar-refractivity contribution is 0.225. The second-order valence-corrected chi connectivity index (χ2v) is 7.23. The maximum absolute atomic E-state index is 3.68. The van der Waals surface area contributed by atoms with Crippen LogP contribution in [-0.2, 0) is 0 Å². The molecule has 0 spiro atoms. The van der Waals surface area contributed by atoms with Gasteiger partial charge in [0.05, 0.1) is 0 Å². The van der Waals surface area contributed by atoms with Crippen LogP contribution in [0.2, 0.25) is 0 Å². The molecule has 1 saturated heterocycles. The van der Waals surface area contributed by atoms with Gasteiger partial charge in [-0.1, -0.05) is 24.6 Å². The zero-order valence-corrected chi connectivity index (χ0v) is 13.8. The molecule has 2 aromatic rings. The smallest absolute Gasteiger partial charge is 0.0386 e. The third kappa shape index (κ3) is 4.06. The number of thiophene rings is 1. The molecule has 1 aliphatic rings. The lowest BCUT2D eigenvalue weighted by atomic mass is 10.1. The van der Waals surface area contributed by atoms with Crippen molar-refractivity contribution in [2.45, 2.75) is 38.6 Å². The Bertz CT molecular complexity index is 524. The van der Waals surface area contributed by atoms with Gasteiger partial charge < -0.3 is 10.2 Å². The second kappa shape index (κ2) is 7.39. The van der Waals surface area contributed by atoms with Crippen LogP contribution in [0.25, 0.3) is 10.1 Å². The molecule has 1 atom stereocenters. The van der Waals surface area contributed by atoms with Crippen molar-refractivity contribution >= 4 is 21.4 Å². The quantitative estimate of drug-likeness (QED) is 0.794. The molecule has 2 heterocycles. The lowest BCUT2D eigenvalue weighted by Crippen LogP contribution is -2.32. The van der Waals surface area contributed by atoms with E-state index in [-0.39, 0.29) is 0 Å². The highest BCUT2D eigenvalue weighted by Gasteiger charge is 2.11. The minimum absolute atomic E-state index is 0.462. The molecule has 0 radical (unpaired) electrons. The molecule has 3 rings (SSSR count). The third-order valence-corrected chi connectivity index (χ3v) is 5.72. The van der Waals surface area contributed by atoms with Gasteiger partial charge in [0, 0.05) is 15.6 Å². The average Bonchev–Trinajstić information content (AvgIpc) is 2.96. The summed E-state index contributed by atoms with van der Waals surface area (Å²) in [5, 5.41) is 5.06. The molecule has 1 N–H and O–H groups in total. The van der Waals surface area contributed by atoms with Crippen LogP contribution in [0.5, 0.6) is 0 Å². The van der Waals surface area contributed by atoms with Crippen LogP contribution in [0.3, 0.4) is 0 Å². The fraction of sp³-hybridized carbons (Fsp3) is 0.556. The van der Waals surface area contributed by atoms with Gasteiger partial charge in [0.2, 0.25) is 0 Å². The van der Waals surface area contributed by atoms with Crippen LogP contribution in [0.4, 0.5) is 0 Å². The molecule has 114 valence electrons. The summed E-state index contributed by atoms with van der Waals surface area (Å²) in [6.07, 6.45) is 5.48. The highest BCUT2D eigenvalue weighted by atomic mass is 32.1. The van der Waals surface area contributed by atoms with Crippen LogP contribution in [-0.4, -0.2) is 31.1 Å². The number of likely N-dealkylation sites (tertiary alicyclic amines) is 1. The second-order valence-electron chi connectivity index (χ2n) is 6.12. The van der Waals surface area contributed by atoms with Crippen molar-refractivity contribution in [3.63, 3.8) is 0 Å². The Kier molecular flexibility index (Phi) is 5.28. The van der Waals surface area contributed by atoms with Gasteiger partial charge in [-0.3, -0.25) is 0 Å². The van der Waals surface area contributed by atoms with E-state index in [9.17, 15) is 0 Å². The Hall–Kier alpha value is -0.900. The van der Waals surface area contributed by atoms with E-state index in [1.165, 1.54) is 60.3 Å². The summed E-state index contributed by atoms with van der Waals surface area (Å²) in [6, 6.07) is 11.5. The van der Waals surface area contributed by atoms with Crippen molar-refractivity contribution in [2.24, 2.45) is 0 Å². The molecule has 0 aliphatic carbocycles. The summed E-state index contributed by atoms with van der Waals surface area (Å²) >= 11 is 1.92. The minimum atomic E-state index is 0.462. The van der Waals surface area contributed by atoms with Crippen molar-refractivity contribution in [1.82, 2.24) is 10.2 Å². The summed E-state index contributed by atoms with van der Waals surface area (Å²) in [5.41, 5.74) is 0. The molecular weight excluding hydrogens is 276 g/mol. The van der Waals surface area contributed by atoms with Crippen LogP contribution in [0, 0.1) is 0 Å². The van der Waals surface area contributed by atoms with Crippen molar-refractivity contribution < 1.29 is 0 Å². The minimum Gasteiger partial charge on any atom is -0.309 e. The maximum Gasteiger partial charge on any atom is 0.0386 e. The topological polar surface area (TPSA) is 15.3 Å². The first-order valence-electron chi connectivity index (χ1n) is 8.27. The summed E-state index contributed by atoms with van der Waals surface area (Å²) in [5.74, 6) is 0. The van der Waals surface area contributed by atoms with Crippen LogP contribution >= 0.6 is 11.3 Å². The maximum atomic E-state index is 3.68. The fourth-order valence-electron chi connectivity index (χ4n) is 3.12. The Balaban J connectivity index is 1.44. The van der Waals surface area contributed by atoms with Gasteiger partial charge in [0.25, 0.3) is 0 Å². The van der Waals surface area contributed by atoms with E-state index in [0.29, 0.717) is 6.04 Å². The van der Waals surface area contributed by atoms with Crippen molar-refractivity contribution in [3.8, 4) is 0 Å². The third-order valence-electron chi connectivity index (χ3n) is 4.42. The Morgan fingerprint density at radius 1 is 1.19 bits per heavy atom. The summed E-state index contributed by atoms with van der Waals surface area (Å²) in [6.45, 7) is 7.28. The molecular formula is C18H26N2S. The largest absolute Gasteiger partial charge is 0.309 e. The number of piperidine rings is 1. The van der Waals surface area contributed by atoms with Gasteiger partial charge in [-0.05, 0) is 69.9 Å². The zero-order chi connectivity index (χ0) is 14.5. The number of fused-ring (bicyclic) bond motifs is 1. The molecule has 2 nitrogen and oxygen atoms in total. The predicted molar refractivity (Wildman–Crippen MR) is 93.2 cm³/mol. The predicted octanol–water partition coefficient (Wildman–Crippen LogP) is 4.43. The number of hydrogen-bond donors (Lipinski definition) is 1. The molecule has 1 aliphatic heterocycles. The van der Waals surface area contributed by atoms with Crippen molar-refractivity contribution in [2.75, 3.05) is 26.2 Å². The monoisotopic (exact) mass is 302 g/mol. The summed E-state index contributed by atoms with van der Waals surface area (Å²) in [7, 11) is 0. The van der Waals surface area contributed by atoms with E-state index in [1.54, 1.807) is 0 Å². The van der Waals surface area contributed by atoms with Crippen LogP contribution in [0.1, 0.15) is 43.5 Å². The fourth-order valence-corrected chi connectivity index (χ4v) is 4.21. The molecule has 0 saturated carbocycles. The molecule has 1 unspecified atom stereocenters.